The quantitative estimate of drug-likeness (QED) is 0.695. The second-order valence-electron chi connectivity index (χ2n) is 6.60. The molecule has 152 valence electrons. The van der Waals surface area contributed by atoms with Gasteiger partial charge < -0.3 is 10.3 Å². The van der Waals surface area contributed by atoms with Crippen LogP contribution in [0.15, 0.2) is 40.0 Å². The van der Waals surface area contributed by atoms with Gasteiger partial charge in [0, 0.05) is 37.8 Å². The van der Waals surface area contributed by atoms with Gasteiger partial charge >= 0.3 is 0 Å². The number of rotatable bonds is 8. The molecule has 0 bridgehead atoms. The van der Waals surface area contributed by atoms with E-state index in [1.165, 1.54) is 19.2 Å². The fourth-order valence-electron chi connectivity index (χ4n) is 2.75. The summed E-state index contributed by atoms with van der Waals surface area (Å²) in [5, 5.41) is 2.68. The van der Waals surface area contributed by atoms with E-state index in [-0.39, 0.29) is 35.9 Å². The minimum absolute atomic E-state index is 0.00470. The predicted octanol–water partition coefficient (Wildman–Crippen LogP) is 1.85. The van der Waals surface area contributed by atoms with Gasteiger partial charge in [-0.1, -0.05) is 0 Å². The first-order valence-corrected chi connectivity index (χ1v) is 10.2. The lowest BCUT2D eigenvalue weighted by Gasteiger charge is -2.17. The lowest BCUT2D eigenvalue weighted by atomic mass is 10.1. The SMILES string of the molecule is Cc1cc(C)c(CNC(=O)CCCN(C)S(=O)(=O)c2ccc(F)cc2)c(=O)[nH]1. The number of aromatic nitrogens is 1. The van der Waals surface area contributed by atoms with Crippen LogP contribution in [0.4, 0.5) is 4.39 Å². The topological polar surface area (TPSA) is 99.3 Å². The Morgan fingerprint density at radius 2 is 1.86 bits per heavy atom. The van der Waals surface area contributed by atoms with Gasteiger partial charge in [-0.05, 0) is 56.2 Å². The number of sulfonamides is 1. The van der Waals surface area contributed by atoms with Gasteiger partial charge in [-0.2, -0.15) is 0 Å². The summed E-state index contributed by atoms with van der Waals surface area (Å²) in [4.78, 5) is 26.6. The van der Waals surface area contributed by atoms with Crippen LogP contribution in [0, 0.1) is 19.7 Å². The Bertz CT molecular complexity index is 1000. The minimum atomic E-state index is -3.73. The number of nitrogens with zero attached hydrogens (tertiary/aromatic N) is 1. The van der Waals surface area contributed by atoms with E-state index in [0.29, 0.717) is 12.0 Å². The van der Waals surface area contributed by atoms with Crippen molar-refractivity contribution in [2.45, 2.75) is 38.1 Å². The highest BCUT2D eigenvalue weighted by Gasteiger charge is 2.20. The van der Waals surface area contributed by atoms with Crippen molar-refractivity contribution in [1.29, 1.82) is 0 Å². The lowest BCUT2D eigenvalue weighted by molar-refractivity contribution is -0.121. The molecule has 0 spiro atoms. The van der Waals surface area contributed by atoms with E-state index >= 15 is 0 Å². The molecule has 7 nitrogen and oxygen atoms in total. The molecule has 1 aromatic heterocycles. The van der Waals surface area contributed by atoms with Gasteiger partial charge in [0.2, 0.25) is 15.9 Å². The number of amides is 1. The summed E-state index contributed by atoms with van der Waals surface area (Å²) in [6.07, 6.45) is 0.429. The molecule has 0 aliphatic rings. The van der Waals surface area contributed by atoms with Crippen LogP contribution >= 0.6 is 0 Å². The number of pyridine rings is 1. The highest BCUT2D eigenvalue weighted by molar-refractivity contribution is 7.89. The zero-order valence-corrected chi connectivity index (χ0v) is 16.9. The van der Waals surface area contributed by atoms with Gasteiger partial charge in [0.05, 0.1) is 4.90 Å². The second-order valence-corrected chi connectivity index (χ2v) is 8.65. The first kappa shape index (κ1) is 21.8. The standard InChI is InChI=1S/C19H24FN3O4S/c1-13-11-14(2)22-19(25)17(13)12-21-18(24)5-4-10-23(3)28(26,27)16-8-6-15(20)7-9-16/h6-9,11H,4-5,10,12H2,1-3H3,(H,21,24)(H,22,25). The van der Waals surface area contributed by atoms with Crippen molar-refractivity contribution in [3.05, 3.63) is 63.3 Å². The number of carbonyl (C=O) groups is 1. The molecule has 2 rings (SSSR count). The van der Waals surface area contributed by atoms with E-state index in [2.05, 4.69) is 10.3 Å². The molecule has 2 N–H and O–H groups in total. The molecule has 0 saturated carbocycles. The van der Waals surface area contributed by atoms with Gasteiger partial charge in [-0.15, -0.1) is 0 Å². The Morgan fingerprint density at radius 1 is 1.21 bits per heavy atom. The monoisotopic (exact) mass is 409 g/mol. The Labute approximate surface area is 163 Å². The molecular weight excluding hydrogens is 385 g/mol. The number of H-pyrrole nitrogens is 1. The maximum Gasteiger partial charge on any atom is 0.253 e. The van der Waals surface area contributed by atoms with Gasteiger partial charge in [0.25, 0.3) is 5.56 Å². The molecule has 28 heavy (non-hydrogen) atoms. The highest BCUT2D eigenvalue weighted by atomic mass is 32.2. The Morgan fingerprint density at radius 3 is 2.46 bits per heavy atom. The zero-order valence-electron chi connectivity index (χ0n) is 16.1. The van der Waals surface area contributed by atoms with E-state index in [4.69, 9.17) is 0 Å². The van der Waals surface area contributed by atoms with Crippen molar-refractivity contribution in [3.63, 3.8) is 0 Å². The van der Waals surface area contributed by atoms with E-state index in [9.17, 15) is 22.4 Å². The number of hydrogen-bond acceptors (Lipinski definition) is 4. The fourth-order valence-corrected chi connectivity index (χ4v) is 3.95. The third-order valence-corrected chi connectivity index (χ3v) is 6.23. The minimum Gasteiger partial charge on any atom is -0.352 e. The second kappa shape index (κ2) is 9.11. The molecule has 0 unspecified atom stereocenters. The van der Waals surface area contributed by atoms with Gasteiger partial charge in [0.1, 0.15) is 5.82 Å². The van der Waals surface area contributed by atoms with Crippen LogP contribution in [0.5, 0.6) is 0 Å². The number of aromatic amines is 1. The van der Waals surface area contributed by atoms with E-state index in [1.807, 2.05) is 6.07 Å². The molecule has 0 aliphatic heterocycles. The third kappa shape index (κ3) is 5.49. The molecule has 0 fully saturated rings. The summed E-state index contributed by atoms with van der Waals surface area (Å²) < 4.78 is 38.9. The smallest absolute Gasteiger partial charge is 0.253 e. The van der Waals surface area contributed by atoms with E-state index in [0.717, 1.165) is 27.7 Å². The Kier molecular flexibility index (Phi) is 7.09. The van der Waals surface area contributed by atoms with Crippen molar-refractivity contribution < 1.29 is 17.6 Å². The third-order valence-electron chi connectivity index (χ3n) is 4.35. The number of halogens is 1. The first-order chi connectivity index (χ1) is 13.1. The van der Waals surface area contributed by atoms with Gasteiger partial charge in [-0.25, -0.2) is 17.1 Å². The Hall–Kier alpha value is -2.52. The molecule has 0 atom stereocenters. The van der Waals surface area contributed by atoms with Crippen LogP contribution in [0.3, 0.4) is 0 Å². The number of aryl methyl sites for hydroxylation is 2. The fraction of sp³-hybridized carbons (Fsp3) is 0.368. The molecule has 9 heteroatoms. The maximum atomic E-state index is 13.0. The Balaban J connectivity index is 1.85. The molecule has 1 aromatic carbocycles. The largest absolute Gasteiger partial charge is 0.352 e. The van der Waals surface area contributed by atoms with Gasteiger partial charge in [0.15, 0.2) is 0 Å². The van der Waals surface area contributed by atoms with Crippen LogP contribution < -0.4 is 10.9 Å². The first-order valence-electron chi connectivity index (χ1n) is 8.79. The van der Waals surface area contributed by atoms with E-state index in [1.54, 1.807) is 13.8 Å². The summed E-state index contributed by atoms with van der Waals surface area (Å²) in [5.74, 6) is -0.784. The summed E-state index contributed by atoms with van der Waals surface area (Å²) in [6.45, 7) is 3.84. The number of hydrogen-bond donors (Lipinski definition) is 2. The summed E-state index contributed by atoms with van der Waals surface area (Å²) in [7, 11) is -2.33. The van der Waals surface area contributed by atoms with Crippen molar-refractivity contribution in [3.8, 4) is 0 Å². The van der Waals surface area contributed by atoms with Crippen molar-refractivity contribution in [2.75, 3.05) is 13.6 Å². The lowest BCUT2D eigenvalue weighted by Crippen LogP contribution is -2.30. The average Bonchev–Trinajstić information content (AvgIpc) is 2.61. The molecule has 0 aliphatic carbocycles. The van der Waals surface area contributed by atoms with Crippen LogP contribution in [0.25, 0.3) is 0 Å². The van der Waals surface area contributed by atoms with Crippen LogP contribution in [0.2, 0.25) is 0 Å². The van der Waals surface area contributed by atoms with Crippen LogP contribution in [-0.4, -0.2) is 37.2 Å². The zero-order chi connectivity index (χ0) is 20.9. The van der Waals surface area contributed by atoms with Crippen LogP contribution in [-0.2, 0) is 21.4 Å². The predicted molar refractivity (Wildman–Crippen MR) is 104 cm³/mol. The molecule has 2 aromatic rings. The normalized spacial score (nSPS) is 11.6. The van der Waals surface area contributed by atoms with Gasteiger partial charge in [-0.3, -0.25) is 9.59 Å². The number of benzene rings is 1. The number of carbonyl (C=O) groups excluding carboxylic acids is 1. The highest BCUT2D eigenvalue weighted by Crippen LogP contribution is 2.15. The van der Waals surface area contributed by atoms with Crippen molar-refractivity contribution >= 4 is 15.9 Å². The summed E-state index contributed by atoms with van der Waals surface area (Å²) in [5.41, 5.74) is 1.81. The summed E-state index contributed by atoms with van der Waals surface area (Å²) >= 11 is 0. The molecule has 1 amide bonds. The molecule has 0 saturated heterocycles. The average molecular weight is 409 g/mol. The van der Waals surface area contributed by atoms with Crippen LogP contribution in [0.1, 0.15) is 29.7 Å². The maximum absolute atomic E-state index is 13.0. The molecule has 1 heterocycles. The number of nitrogens with one attached hydrogen (secondary N) is 2. The van der Waals surface area contributed by atoms with Crippen molar-refractivity contribution in [1.82, 2.24) is 14.6 Å². The molecular formula is C19H24FN3O4S. The van der Waals surface area contributed by atoms with Crippen molar-refractivity contribution in [2.24, 2.45) is 0 Å². The van der Waals surface area contributed by atoms with E-state index < -0.39 is 15.8 Å². The molecule has 0 radical (unpaired) electrons. The summed E-state index contributed by atoms with van der Waals surface area (Å²) in [6, 6.07) is 6.41.